The fourth-order valence-electron chi connectivity index (χ4n) is 1.76. The highest BCUT2D eigenvalue weighted by Crippen LogP contribution is 2.30. The molecule has 0 aliphatic heterocycles. The van der Waals surface area contributed by atoms with Gasteiger partial charge in [-0.2, -0.15) is 13.2 Å². The average Bonchev–Trinajstić information content (AvgIpc) is 2.49. The predicted molar refractivity (Wildman–Crippen MR) is 81.9 cm³/mol. The maximum atomic E-state index is 12.6. The normalized spacial score (nSPS) is 10.5. The molecule has 0 fully saturated rings. The molecule has 0 aliphatic rings. The lowest BCUT2D eigenvalue weighted by Crippen LogP contribution is -2.13. The van der Waals surface area contributed by atoms with Gasteiger partial charge in [-0.05, 0) is 37.3 Å². The SMILES string of the molecule is CC.Cc1cccc(C(=O)Nc2cccc(C(F)(F)F)c2)c1. The molecule has 1 N–H and O–H groups in total. The molecule has 1 amide bonds. The van der Waals surface area contributed by atoms with E-state index in [0.717, 1.165) is 17.7 Å². The number of nitrogens with one attached hydrogen (secondary N) is 1. The van der Waals surface area contributed by atoms with Crippen LogP contribution >= 0.6 is 0 Å². The Morgan fingerprint density at radius 2 is 1.64 bits per heavy atom. The number of benzene rings is 2. The third kappa shape index (κ3) is 4.91. The minimum Gasteiger partial charge on any atom is -0.322 e. The van der Waals surface area contributed by atoms with Gasteiger partial charge in [-0.3, -0.25) is 4.79 Å². The summed E-state index contributed by atoms with van der Waals surface area (Å²) in [6.45, 7) is 5.83. The molecular formula is C17H18F3NO. The van der Waals surface area contributed by atoms with Crippen LogP contribution in [0.2, 0.25) is 0 Å². The lowest BCUT2D eigenvalue weighted by atomic mass is 10.1. The number of carbonyl (C=O) groups excluding carboxylic acids is 1. The molecule has 0 radical (unpaired) electrons. The maximum Gasteiger partial charge on any atom is 0.416 e. The first-order valence-electron chi connectivity index (χ1n) is 6.91. The first-order chi connectivity index (χ1) is 10.4. The largest absolute Gasteiger partial charge is 0.416 e. The summed E-state index contributed by atoms with van der Waals surface area (Å²) >= 11 is 0. The van der Waals surface area contributed by atoms with Crippen LogP contribution in [-0.4, -0.2) is 5.91 Å². The number of carbonyl (C=O) groups is 1. The lowest BCUT2D eigenvalue weighted by molar-refractivity contribution is -0.137. The van der Waals surface area contributed by atoms with Crippen LogP contribution in [-0.2, 0) is 6.18 Å². The molecule has 5 heteroatoms. The smallest absolute Gasteiger partial charge is 0.322 e. The fourth-order valence-corrected chi connectivity index (χ4v) is 1.76. The highest BCUT2D eigenvalue weighted by Gasteiger charge is 2.30. The number of hydrogen-bond acceptors (Lipinski definition) is 1. The Bertz CT molecular complexity index is 636. The second kappa shape index (κ2) is 7.64. The van der Waals surface area contributed by atoms with Crippen molar-refractivity contribution in [3.63, 3.8) is 0 Å². The van der Waals surface area contributed by atoms with Gasteiger partial charge in [0.25, 0.3) is 5.91 Å². The molecule has 118 valence electrons. The van der Waals surface area contributed by atoms with Crippen LogP contribution in [0.3, 0.4) is 0 Å². The molecule has 0 aliphatic carbocycles. The Morgan fingerprint density at radius 3 is 2.23 bits per heavy atom. The molecule has 0 aromatic heterocycles. The van der Waals surface area contributed by atoms with Crippen LogP contribution in [0, 0.1) is 6.92 Å². The van der Waals surface area contributed by atoms with Crippen LogP contribution in [0.4, 0.5) is 18.9 Å². The first kappa shape index (κ1) is 17.8. The summed E-state index contributed by atoms with van der Waals surface area (Å²) in [4.78, 5) is 11.9. The molecule has 0 saturated carbocycles. The predicted octanol–water partition coefficient (Wildman–Crippen LogP) is 5.29. The molecule has 0 atom stereocenters. The Kier molecular flexibility index (Phi) is 6.16. The number of amides is 1. The third-order valence-corrected chi connectivity index (χ3v) is 2.73. The zero-order valence-corrected chi connectivity index (χ0v) is 12.7. The van der Waals surface area contributed by atoms with Crippen molar-refractivity contribution in [3.05, 3.63) is 65.2 Å². The molecule has 0 heterocycles. The summed E-state index contributed by atoms with van der Waals surface area (Å²) < 4.78 is 37.7. The molecule has 0 bridgehead atoms. The third-order valence-electron chi connectivity index (χ3n) is 2.73. The van der Waals surface area contributed by atoms with Gasteiger partial charge >= 0.3 is 6.18 Å². The van der Waals surface area contributed by atoms with E-state index in [1.807, 2.05) is 26.8 Å². The zero-order chi connectivity index (χ0) is 16.8. The van der Waals surface area contributed by atoms with Gasteiger partial charge in [0.2, 0.25) is 0 Å². The molecule has 0 unspecified atom stereocenters. The maximum absolute atomic E-state index is 12.6. The average molecular weight is 309 g/mol. The van der Waals surface area contributed by atoms with Crippen LogP contribution in [0.5, 0.6) is 0 Å². The van der Waals surface area contributed by atoms with E-state index in [2.05, 4.69) is 5.32 Å². The van der Waals surface area contributed by atoms with Gasteiger partial charge in [0.05, 0.1) is 5.56 Å². The number of anilines is 1. The van der Waals surface area contributed by atoms with Gasteiger partial charge in [-0.15, -0.1) is 0 Å². The van der Waals surface area contributed by atoms with Gasteiger partial charge in [0.1, 0.15) is 0 Å². The summed E-state index contributed by atoms with van der Waals surface area (Å²) in [6, 6.07) is 11.4. The van der Waals surface area contributed by atoms with Gasteiger partial charge < -0.3 is 5.32 Å². The van der Waals surface area contributed by atoms with Crippen LogP contribution in [0.1, 0.15) is 35.3 Å². The van der Waals surface area contributed by atoms with Crippen molar-refractivity contribution in [1.29, 1.82) is 0 Å². The number of hydrogen-bond donors (Lipinski definition) is 1. The molecule has 0 saturated heterocycles. The van der Waals surface area contributed by atoms with E-state index in [9.17, 15) is 18.0 Å². The highest BCUT2D eigenvalue weighted by atomic mass is 19.4. The molecule has 2 nitrogen and oxygen atoms in total. The molecule has 22 heavy (non-hydrogen) atoms. The van der Waals surface area contributed by atoms with E-state index in [1.54, 1.807) is 18.2 Å². The quantitative estimate of drug-likeness (QED) is 0.802. The molecule has 2 rings (SSSR count). The Hall–Kier alpha value is -2.30. The molecule has 2 aromatic rings. The summed E-state index contributed by atoms with van der Waals surface area (Å²) in [5, 5.41) is 2.46. The highest BCUT2D eigenvalue weighted by molar-refractivity contribution is 6.04. The molecule has 2 aromatic carbocycles. The standard InChI is InChI=1S/C15H12F3NO.C2H6/c1-10-4-2-5-11(8-10)14(20)19-13-7-3-6-12(9-13)15(16,17)18;1-2/h2-9H,1H3,(H,19,20);1-2H3. The van der Waals surface area contributed by atoms with E-state index in [-0.39, 0.29) is 5.69 Å². The second-order valence-corrected chi connectivity index (χ2v) is 4.40. The summed E-state index contributed by atoms with van der Waals surface area (Å²) in [7, 11) is 0. The Morgan fingerprint density at radius 1 is 1.00 bits per heavy atom. The summed E-state index contributed by atoms with van der Waals surface area (Å²) in [5.74, 6) is -0.437. The second-order valence-electron chi connectivity index (χ2n) is 4.40. The van der Waals surface area contributed by atoms with Crippen LogP contribution < -0.4 is 5.32 Å². The van der Waals surface area contributed by atoms with Crippen molar-refractivity contribution in [1.82, 2.24) is 0 Å². The van der Waals surface area contributed by atoms with E-state index in [4.69, 9.17) is 0 Å². The van der Waals surface area contributed by atoms with E-state index >= 15 is 0 Å². The van der Waals surface area contributed by atoms with E-state index in [1.165, 1.54) is 12.1 Å². The summed E-state index contributed by atoms with van der Waals surface area (Å²) in [5.41, 5.74) is 0.634. The van der Waals surface area contributed by atoms with Crippen LogP contribution in [0.15, 0.2) is 48.5 Å². The minimum absolute atomic E-state index is 0.117. The lowest BCUT2D eigenvalue weighted by Gasteiger charge is -2.10. The van der Waals surface area contributed by atoms with Crippen molar-refractivity contribution in [2.75, 3.05) is 5.32 Å². The number of alkyl halides is 3. The van der Waals surface area contributed by atoms with Gasteiger partial charge in [-0.1, -0.05) is 37.6 Å². The van der Waals surface area contributed by atoms with Gasteiger partial charge in [0.15, 0.2) is 0 Å². The summed E-state index contributed by atoms with van der Waals surface area (Å²) in [6.07, 6.45) is -4.43. The van der Waals surface area contributed by atoms with Crippen molar-refractivity contribution < 1.29 is 18.0 Å². The van der Waals surface area contributed by atoms with Gasteiger partial charge in [0, 0.05) is 11.3 Å². The first-order valence-corrected chi connectivity index (χ1v) is 6.91. The Labute approximate surface area is 128 Å². The van der Waals surface area contributed by atoms with E-state index < -0.39 is 17.6 Å². The van der Waals surface area contributed by atoms with Crippen molar-refractivity contribution >= 4 is 11.6 Å². The monoisotopic (exact) mass is 309 g/mol. The van der Waals surface area contributed by atoms with Crippen molar-refractivity contribution in [2.24, 2.45) is 0 Å². The van der Waals surface area contributed by atoms with Crippen molar-refractivity contribution in [2.45, 2.75) is 26.9 Å². The topological polar surface area (TPSA) is 29.1 Å². The van der Waals surface area contributed by atoms with E-state index in [0.29, 0.717) is 5.56 Å². The van der Waals surface area contributed by atoms with Gasteiger partial charge in [-0.25, -0.2) is 0 Å². The van der Waals surface area contributed by atoms with Crippen LogP contribution in [0.25, 0.3) is 0 Å². The number of halogens is 3. The minimum atomic E-state index is -4.43. The molecular weight excluding hydrogens is 291 g/mol. The number of aryl methyl sites for hydroxylation is 1. The molecule has 0 spiro atoms. The Balaban J connectivity index is 0.00000116. The zero-order valence-electron chi connectivity index (χ0n) is 12.7. The fraction of sp³-hybridized carbons (Fsp3) is 0.235. The number of rotatable bonds is 2. The van der Waals surface area contributed by atoms with Crippen molar-refractivity contribution in [3.8, 4) is 0 Å².